The summed E-state index contributed by atoms with van der Waals surface area (Å²) >= 11 is 0. The quantitative estimate of drug-likeness (QED) is 0.559. The van der Waals surface area contributed by atoms with Gasteiger partial charge in [-0.15, -0.1) is 0 Å². The fraction of sp³-hybridized carbons (Fsp3) is 0.300. The highest BCUT2D eigenvalue weighted by Crippen LogP contribution is 2.17. The lowest BCUT2D eigenvalue weighted by Crippen LogP contribution is -2.27. The zero-order valence-electron chi connectivity index (χ0n) is 15.6. The molecule has 3 N–H and O–H groups in total. The normalized spacial score (nSPS) is 10.1. The molecule has 0 spiro atoms. The third kappa shape index (κ3) is 6.99. The molecule has 0 fully saturated rings. The molecule has 7 nitrogen and oxygen atoms in total. The number of hydrogen-bond donors (Lipinski definition) is 3. The molecule has 27 heavy (non-hydrogen) atoms. The molecule has 0 unspecified atom stereocenters. The Labute approximate surface area is 159 Å². The number of methoxy groups -OCH3 is 1. The second-order valence-corrected chi connectivity index (χ2v) is 5.69. The van der Waals surface area contributed by atoms with Crippen molar-refractivity contribution in [1.29, 1.82) is 0 Å². The van der Waals surface area contributed by atoms with E-state index in [-0.39, 0.29) is 18.4 Å². The Morgan fingerprint density at radius 2 is 1.81 bits per heavy atom. The van der Waals surface area contributed by atoms with E-state index in [2.05, 4.69) is 16.0 Å². The topological polar surface area (TPSA) is 88.7 Å². The summed E-state index contributed by atoms with van der Waals surface area (Å²) in [7, 11) is 1.58. The van der Waals surface area contributed by atoms with E-state index in [0.717, 1.165) is 0 Å². The van der Waals surface area contributed by atoms with Crippen molar-refractivity contribution in [1.82, 2.24) is 5.32 Å². The van der Waals surface area contributed by atoms with Gasteiger partial charge in [-0.1, -0.05) is 12.1 Å². The van der Waals surface area contributed by atoms with Crippen LogP contribution >= 0.6 is 0 Å². The SMILES string of the molecule is CCOc1cccc(NC(=O)CNc2cccc(C(=O)NCCOC)c2)c1. The highest BCUT2D eigenvalue weighted by Gasteiger charge is 2.07. The highest BCUT2D eigenvalue weighted by atomic mass is 16.5. The molecule has 0 aromatic heterocycles. The third-order valence-corrected chi connectivity index (χ3v) is 3.60. The van der Waals surface area contributed by atoms with Gasteiger partial charge in [-0.3, -0.25) is 9.59 Å². The summed E-state index contributed by atoms with van der Waals surface area (Å²) in [6, 6.07) is 14.2. The van der Waals surface area contributed by atoms with E-state index >= 15 is 0 Å². The predicted octanol–water partition coefficient (Wildman–Crippen LogP) is 2.51. The summed E-state index contributed by atoms with van der Waals surface area (Å²) in [5.74, 6) is 0.321. The van der Waals surface area contributed by atoms with Gasteiger partial charge in [-0.2, -0.15) is 0 Å². The molecule has 0 atom stereocenters. The molecule has 0 aliphatic rings. The lowest BCUT2D eigenvalue weighted by Gasteiger charge is -2.10. The number of nitrogens with one attached hydrogen (secondary N) is 3. The monoisotopic (exact) mass is 371 g/mol. The molecule has 2 aromatic carbocycles. The van der Waals surface area contributed by atoms with Gasteiger partial charge >= 0.3 is 0 Å². The molecule has 144 valence electrons. The van der Waals surface area contributed by atoms with Crippen molar-refractivity contribution in [2.45, 2.75) is 6.92 Å². The predicted molar refractivity (Wildman–Crippen MR) is 105 cm³/mol. The van der Waals surface area contributed by atoms with E-state index in [0.29, 0.717) is 42.4 Å². The Morgan fingerprint density at radius 1 is 1.04 bits per heavy atom. The van der Waals surface area contributed by atoms with E-state index in [1.54, 1.807) is 43.5 Å². The fourth-order valence-electron chi connectivity index (χ4n) is 2.36. The third-order valence-electron chi connectivity index (χ3n) is 3.60. The van der Waals surface area contributed by atoms with Crippen molar-refractivity contribution >= 4 is 23.2 Å². The summed E-state index contributed by atoms with van der Waals surface area (Å²) < 4.78 is 10.3. The first kappa shape index (κ1) is 20.3. The Balaban J connectivity index is 1.87. The number of hydrogen-bond acceptors (Lipinski definition) is 5. The van der Waals surface area contributed by atoms with Gasteiger partial charge in [-0.05, 0) is 37.3 Å². The summed E-state index contributed by atoms with van der Waals surface area (Å²) in [4.78, 5) is 24.2. The zero-order chi connectivity index (χ0) is 19.5. The first-order valence-electron chi connectivity index (χ1n) is 8.76. The maximum absolute atomic E-state index is 12.1. The number of anilines is 2. The first-order valence-corrected chi connectivity index (χ1v) is 8.76. The number of rotatable bonds is 10. The Hall–Kier alpha value is -3.06. The minimum atomic E-state index is -0.196. The second kappa shape index (κ2) is 10.8. The van der Waals surface area contributed by atoms with Gasteiger partial charge in [0.15, 0.2) is 0 Å². The molecular weight excluding hydrogens is 346 g/mol. The van der Waals surface area contributed by atoms with Gasteiger partial charge in [0.2, 0.25) is 5.91 Å². The minimum Gasteiger partial charge on any atom is -0.494 e. The number of carbonyl (C=O) groups excluding carboxylic acids is 2. The molecule has 0 aliphatic carbocycles. The summed E-state index contributed by atoms with van der Waals surface area (Å²) in [6.45, 7) is 3.44. The van der Waals surface area contributed by atoms with Gasteiger partial charge in [0.1, 0.15) is 5.75 Å². The number of ether oxygens (including phenoxy) is 2. The van der Waals surface area contributed by atoms with Crippen molar-refractivity contribution in [3.05, 3.63) is 54.1 Å². The molecule has 0 radical (unpaired) electrons. The van der Waals surface area contributed by atoms with Gasteiger partial charge in [0.05, 0.1) is 19.8 Å². The standard InChI is InChI=1S/C20H25N3O4/c1-3-27-18-9-5-8-17(13-18)23-19(24)14-22-16-7-4-6-15(12-16)20(25)21-10-11-26-2/h4-9,12-13,22H,3,10-11,14H2,1-2H3,(H,21,25)(H,23,24). The van der Waals surface area contributed by atoms with Crippen LogP contribution in [0.4, 0.5) is 11.4 Å². The van der Waals surface area contributed by atoms with Crippen LogP contribution in [0.2, 0.25) is 0 Å². The van der Waals surface area contributed by atoms with E-state index < -0.39 is 0 Å². The Bertz CT molecular complexity index is 764. The van der Waals surface area contributed by atoms with Crippen LogP contribution in [0.1, 0.15) is 17.3 Å². The van der Waals surface area contributed by atoms with E-state index in [9.17, 15) is 9.59 Å². The van der Waals surface area contributed by atoms with E-state index in [4.69, 9.17) is 9.47 Å². The molecule has 2 aromatic rings. The molecule has 2 rings (SSSR count). The largest absolute Gasteiger partial charge is 0.494 e. The van der Waals surface area contributed by atoms with Crippen LogP contribution in [-0.4, -0.2) is 45.2 Å². The Morgan fingerprint density at radius 3 is 2.59 bits per heavy atom. The molecule has 7 heteroatoms. The summed E-state index contributed by atoms with van der Waals surface area (Å²) in [6.07, 6.45) is 0. The zero-order valence-corrected chi connectivity index (χ0v) is 15.6. The van der Waals surface area contributed by atoms with Crippen molar-refractivity contribution in [3.8, 4) is 5.75 Å². The van der Waals surface area contributed by atoms with Gasteiger partial charge in [-0.25, -0.2) is 0 Å². The van der Waals surface area contributed by atoms with Crippen molar-refractivity contribution in [3.63, 3.8) is 0 Å². The maximum atomic E-state index is 12.1. The highest BCUT2D eigenvalue weighted by molar-refractivity contribution is 5.96. The lowest BCUT2D eigenvalue weighted by molar-refractivity contribution is -0.114. The molecule has 0 saturated carbocycles. The second-order valence-electron chi connectivity index (χ2n) is 5.69. The lowest BCUT2D eigenvalue weighted by atomic mass is 10.2. The van der Waals surface area contributed by atoms with Crippen molar-refractivity contribution in [2.75, 3.05) is 44.0 Å². The first-order chi connectivity index (χ1) is 13.1. The summed E-state index contributed by atoms with van der Waals surface area (Å²) in [5, 5.41) is 8.58. The molecule has 2 amide bonds. The van der Waals surface area contributed by atoms with Crippen molar-refractivity contribution in [2.24, 2.45) is 0 Å². The fourth-order valence-corrected chi connectivity index (χ4v) is 2.36. The number of carbonyl (C=O) groups is 2. The minimum absolute atomic E-state index is 0.0770. The van der Waals surface area contributed by atoms with Crippen LogP contribution in [0, 0.1) is 0 Å². The number of amides is 2. The van der Waals surface area contributed by atoms with Gasteiger partial charge in [0, 0.05) is 36.7 Å². The van der Waals surface area contributed by atoms with Crippen LogP contribution < -0.4 is 20.7 Å². The average molecular weight is 371 g/mol. The van der Waals surface area contributed by atoms with Crippen LogP contribution in [0.3, 0.4) is 0 Å². The van der Waals surface area contributed by atoms with Crippen molar-refractivity contribution < 1.29 is 19.1 Å². The van der Waals surface area contributed by atoms with Crippen LogP contribution in [0.15, 0.2) is 48.5 Å². The maximum Gasteiger partial charge on any atom is 0.251 e. The van der Waals surface area contributed by atoms with Crippen LogP contribution in [0.25, 0.3) is 0 Å². The van der Waals surface area contributed by atoms with E-state index in [1.807, 2.05) is 19.1 Å². The number of benzene rings is 2. The average Bonchev–Trinajstić information content (AvgIpc) is 2.67. The van der Waals surface area contributed by atoms with Gasteiger partial charge in [0.25, 0.3) is 5.91 Å². The van der Waals surface area contributed by atoms with E-state index in [1.165, 1.54) is 0 Å². The molecule has 0 heterocycles. The molecular formula is C20H25N3O4. The molecule has 0 saturated heterocycles. The van der Waals surface area contributed by atoms with Crippen LogP contribution in [0.5, 0.6) is 5.75 Å². The smallest absolute Gasteiger partial charge is 0.251 e. The molecule has 0 aliphatic heterocycles. The van der Waals surface area contributed by atoms with Gasteiger partial charge < -0.3 is 25.4 Å². The summed E-state index contributed by atoms with van der Waals surface area (Å²) in [5.41, 5.74) is 1.87. The molecule has 0 bridgehead atoms. The van der Waals surface area contributed by atoms with Crippen LogP contribution in [-0.2, 0) is 9.53 Å². The Kier molecular flexibility index (Phi) is 8.12.